The molecule has 1 rings (SSSR count). The molecule has 0 aromatic heterocycles. The van der Waals surface area contributed by atoms with Gasteiger partial charge in [0.25, 0.3) is 0 Å². The average Bonchev–Trinajstić information content (AvgIpc) is 3.21. The molecule has 1 aliphatic rings. The molecule has 1 aliphatic heterocycles. The highest BCUT2D eigenvalue weighted by Gasteiger charge is 2.36. The highest BCUT2D eigenvalue weighted by atomic mass is 28.4. The molecule has 1 N–H and O–H groups in total. The van der Waals surface area contributed by atoms with E-state index >= 15 is 0 Å². The summed E-state index contributed by atoms with van der Waals surface area (Å²) in [5, 5.41) is 7.00. The Morgan fingerprint density at radius 2 is 1.71 bits per heavy atom. The molecular weight excluding hydrogens is 244 g/mol. The maximum atomic E-state index is 7.00. The summed E-state index contributed by atoms with van der Waals surface area (Å²) in [6, 6.07) is 0.780. The molecule has 0 aromatic carbocycles. The number of hydrogen-bond acceptors (Lipinski definition) is 6. The molecule has 0 aromatic rings. The van der Waals surface area contributed by atoms with Crippen LogP contribution in [0, 0.1) is 0 Å². The first-order chi connectivity index (χ1) is 8.26. The SMILES string of the molecule is CO.CO[Si](CCCOCC1CO1)(OC)OC. The second-order valence-electron chi connectivity index (χ2n) is 3.43. The third kappa shape index (κ3) is 7.09. The van der Waals surface area contributed by atoms with E-state index < -0.39 is 8.80 Å². The topological polar surface area (TPSA) is 69.7 Å². The van der Waals surface area contributed by atoms with E-state index in [1.165, 1.54) is 0 Å². The molecule has 0 radical (unpaired) electrons. The lowest BCUT2D eigenvalue weighted by Gasteiger charge is -2.24. The van der Waals surface area contributed by atoms with Gasteiger partial charge in [0.1, 0.15) is 6.10 Å². The fourth-order valence-corrected chi connectivity index (χ4v) is 3.02. The van der Waals surface area contributed by atoms with Gasteiger partial charge in [0.15, 0.2) is 0 Å². The van der Waals surface area contributed by atoms with E-state index in [0.29, 0.717) is 19.3 Å². The van der Waals surface area contributed by atoms with Crippen molar-refractivity contribution in [3.8, 4) is 0 Å². The summed E-state index contributed by atoms with van der Waals surface area (Å²) < 4.78 is 26.3. The molecule has 0 saturated carbocycles. The Labute approximate surface area is 104 Å². The third-order valence-electron chi connectivity index (χ3n) is 2.41. The zero-order valence-electron chi connectivity index (χ0n) is 11.1. The first-order valence-corrected chi connectivity index (χ1v) is 7.49. The Hall–Kier alpha value is -0.0231. The van der Waals surface area contributed by atoms with Crippen LogP contribution < -0.4 is 0 Å². The van der Waals surface area contributed by atoms with Crippen molar-refractivity contribution in [2.45, 2.75) is 18.6 Å². The van der Waals surface area contributed by atoms with Crippen LogP contribution in [-0.2, 0) is 22.8 Å². The van der Waals surface area contributed by atoms with Gasteiger partial charge in [-0.1, -0.05) is 0 Å². The Morgan fingerprint density at radius 1 is 1.18 bits per heavy atom. The van der Waals surface area contributed by atoms with Crippen LogP contribution in [-0.4, -0.2) is 68.3 Å². The Balaban J connectivity index is 0.00000121. The lowest BCUT2D eigenvalue weighted by Crippen LogP contribution is -2.42. The molecule has 6 nitrogen and oxygen atoms in total. The Bertz CT molecular complexity index is 164. The van der Waals surface area contributed by atoms with Gasteiger partial charge in [-0.05, 0) is 6.42 Å². The highest BCUT2D eigenvalue weighted by molar-refractivity contribution is 6.60. The third-order valence-corrected chi connectivity index (χ3v) is 5.24. The van der Waals surface area contributed by atoms with Gasteiger partial charge in [-0.2, -0.15) is 0 Å². The minimum atomic E-state index is -2.39. The molecule has 0 aliphatic carbocycles. The second kappa shape index (κ2) is 9.95. The van der Waals surface area contributed by atoms with Gasteiger partial charge < -0.3 is 27.9 Å². The standard InChI is InChI=1S/C9H20O5Si.CH4O/c1-10-15(11-2,12-3)6-4-5-13-7-9-8-14-9;1-2/h9H,4-8H2,1-3H3;2H,1H3. The first-order valence-electron chi connectivity index (χ1n) is 5.56. The molecule has 1 heterocycles. The van der Waals surface area contributed by atoms with Gasteiger partial charge in [-0.25, -0.2) is 0 Å². The summed E-state index contributed by atoms with van der Waals surface area (Å²) in [6.07, 6.45) is 1.22. The van der Waals surface area contributed by atoms with Crippen LogP contribution in [0.2, 0.25) is 6.04 Å². The first kappa shape index (κ1) is 17.0. The minimum absolute atomic E-state index is 0.333. The Kier molecular flexibility index (Phi) is 9.94. The minimum Gasteiger partial charge on any atom is -0.400 e. The number of epoxide rings is 1. The molecule has 1 saturated heterocycles. The maximum Gasteiger partial charge on any atom is 0.500 e. The van der Waals surface area contributed by atoms with Gasteiger partial charge in [0.05, 0.1) is 13.2 Å². The van der Waals surface area contributed by atoms with Crippen molar-refractivity contribution in [3.63, 3.8) is 0 Å². The molecule has 1 atom stereocenters. The largest absolute Gasteiger partial charge is 0.500 e. The van der Waals surface area contributed by atoms with E-state index in [9.17, 15) is 0 Å². The van der Waals surface area contributed by atoms with Crippen LogP contribution in [0.5, 0.6) is 0 Å². The van der Waals surface area contributed by atoms with Crippen LogP contribution in [0.4, 0.5) is 0 Å². The van der Waals surface area contributed by atoms with Crippen LogP contribution in [0.15, 0.2) is 0 Å². The van der Waals surface area contributed by atoms with Crippen molar-refractivity contribution in [2.75, 3.05) is 48.3 Å². The molecule has 0 amide bonds. The van der Waals surface area contributed by atoms with Gasteiger partial charge in [0.2, 0.25) is 0 Å². The van der Waals surface area contributed by atoms with Crippen molar-refractivity contribution in [2.24, 2.45) is 0 Å². The van der Waals surface area contributed by atoms with E-state index in [2.05, 4.69) is 0 Å². The number of aliphatic hydroxyl groups excluding tert-OH is 1. The normalized spacial score (nSPS) is 18.5. The van der Waals surface area contributed by atoms with Gasteiger partial charge in [-0.15, -0.1) is 0 Å². The van der Waals surface area contributed by atoms with Crippen LogP contribution in [0.1, 0.15) is 6.42 Å². The Morgan fingerprint density at radius 3 is 2.12 bits per heavy atom. The number of rotatable bonds is 9. The molecule has 0 bridgehead atoms. The summed E-state index contributed by atoms with van der Waals surface area (Å²) in [4.78, 5) is 0. The monoisotopic (exact) mass is 268 g/mol. The number of aliphatic hydroxyl groups is 1. The summed E-state index contributed by atoms with van der Waals surface area (Å²) in [5.74, 6) is 0. The summed E-state index contributed by atoms with van der Waals surface area (Å²) in [5.41, 5.74) is 0. The molecule has 7 heteroatoms. The van der Waals surface area contributed by atoms with E-state index in [4.69, 9.17) is 27.9 Å². The zero-order valence-corrected chi connectivity index (χ0v) is 12.1. The lowest BCUT2D eigenvalue weighted by molar-refractivity contribution is 0.100. The van der Waals surface area contributed by atoms with Crippen molar-refractivity contribution in [1.82, 2.24) is 0 Å². The lowest BCUT2D eigenvalue weighted by atomic mass is 10.5. The van der Waals surface area contributed by atoms with Gasteiger partial charge in [0, 0.05) is 41.1 Å². The molecule has 1 fully saturated rings. The van der Waals surface area contributed by atoms with Crippen molar-refractivity contribution in [1.29, 1.82) is 0 Å². The van der Waals surface area contributed by atoms with E-state index in [0.717, 1.165) is 26.2 Å². The smallest absolute Gasteiger partial charge is 0.400 e. The van der Waals surface area contributed by atoms with Gasteiger partial charge >= 0.3 is 8.80 Å². The average molecular weight is 268 g/mol. The quantitative estimate of drug-likeness (QED) is 0.368. The number of ether oxygens (including phenoxy) is 2. The second-order valence-corrected chi connectivity index (χ2v) is 6.52. The molecule has 1 unspecified atom stereocenters. The van der Waals surface area contributed by atoms with E-state index in [1.807, 2.05) is 0 Å². The summed E-state index contributed by atoms with van der Waals surface area (Å²) in [7, 11) is 3.48. The zero-order chi connectivity index (χ0) is 13.1. The van der Waals surface area contributed by atoms with E-state index in [1.54, 1.807) is 21.3 Å². The molecule has 0 spiro atoms. The number of hydrogen-bond donors (Lipinski definition) is 1. The predicted molar refractivity (Wildman–Crippen MR) is 64.9 cm³/mol. The van der Waals surface area contributed by atoms with Crippen LogP contribution >= 0.6 is 0 Å². The highest BCUT2D eigenvalue weighted by Crippen LogP contribution is 2.15. The predicted octanol–water partition coefficient (Wildman–Crippen LogP) is 0.278. The molecule has 104 valence electrons. The molecular formula is C10H24O6Si. The maximum absolute atomic E-state index is 7.00. The van der Waals surface area contributed by atoms with Crippen LogP contribution in [0.25, 0.3) is 0 Å². The molecule has 17 heavy (non-hydrogen) atoms. The van der Waals surface area contributed by atoms with Crippen LogP contribution in [0.3, 0.4) is 0 Å². The summed E-state index contributed by atoms with van der Waals surface area (Å²) >= 11 is 0. The fraction of sp³-hybridized carbons (Fsp3) is 1.00. The van der Waals surface area contributed by atoms with Crippen molar-refractivity contribution in [3.05, 3.63) is 0 Å². The van der Waals surface area contributed by atoms with Crippen molar-refractivity contribution >= 4 is 8.80 Å². The van der Waals surface area contributed by atoms with Crippen molar-refractivity contribution < 1.29 is 27.9 Å². The van der Waals surface area contributed by atoms with E-state index in [-0.39, 0.29) is 0 Å². The van der Waals surface area contributed by atoms with Gasteiger partial charge in [-0.3, -0.25) is 0 Å². The summed E-state index contributed by atoms with van der Waals surface area (Å²) in [6.45, 7) is 2.24. The fourth-order valence-electron chi connectivity index (χ4n) is 1.33.